The van der Waals surface area contributed by atoms with E-state index in [0.29, 0.717) is 19.3 Å². The van der Waals surface area contributed by atoms with E-state index in [1.165, 1.54) is 19.3 Å². The van der Waals surface area contributed by atoms with Gasteiger partial charge >= 0.3 is 0 Å². The Bertz CT molecular complexity index is 359. The molecule has 1 heterocycles. The highest BCUT2D eigenvalue weighted by atomic mass is 32.2. The molecule has 0 aromatic rings. The molecule has 0 aromatic carbocycles. The van der Waals surface area contributed by atoms with Gasteiger partial charge in [-0.2, -0.15) is 0 Å². The second-order valence-electron chi connectivity index (χ2n) is 5.33. The number of carbonyl (C=O) groups is 1. The molecule has 0 bridgehead atoms. The minimum absolute atomic E-state index is 0.0763. The molecule has 2 aliphatic rings. The van der Waals surface area contributed by atoms with Gasteiger partial charge in [0.1, 0.15) is 9.84 Å². The molecule has 0 spiro atoms. The maximum atomic E-state index is 11.7. The fraction of sp³-hybridized carbons (Fsp3) is 0.917. The molecule has 1 amide bonds. The van der Waals surface area contributed by atoms with E-state index < -0.39 is 9.84 Å². The molecule has 1 aliphatic carbocycles. The van der Waals surface area contributed by atoms with Crippen molar-refractivity contribution in [3.05, 3.63) is 0 Å². The average molecular weight is 259 g/mol. The van der Waals surface area contributed by atoms with Crippen LogP contribution in [0.3, 0.4) is 0 Å². The molecule has 1 saturated heterocycles. The molecule has 0 aromatic heterocycles. The Kier molecular flexibility index (Phi) is 4.07. The van der Waals surface area contributed by atoms with Crippen LogP contribution in [-0.2, 0) is 14.6 Å². The van der Waals surface area contributed by atoms with E-state index in [1.54, 1.807) is 0 Å². The molecule has 0 atom stereocenters. The van der Waals surface area contributed by atoms with Crippen LogP contribution in [0.1, 0.15) is 44.9 Å². The van der Waals surface area contributed by atoms with Crippen LogP contribution in [0.2, 0.25) is 0 Å². The molecule has 5 heteroatoms. The van der Waals surface area contributed by atoms with E-state index >= 15 is 0 Å². The van der Waals surface area contributed by atoms with Gasteiger partial charge in [-0.3, -0.25) is 4.79 Å². The predicted octanol–water partition coefficient (Wildman–Crippen LogP) is 1.26. The molecule has 2 rings (SSSR count). The summed E-state index contributed by atoms with van der Waals surface area (Å²) in [7, 11) is -2.82. The van der Waals surface area contributed by atoms with Gasteiger partial charge in [0, 0.05) is 12.5 Å². The lowest BCUT2D eigenvalue weighted by Gasteiger charge is -2.26. The van der Waals surface area contributed by atoms with Gasteiger partial charge in [-0.1, -0.05) is 19.3 Å². The zero-order valence-corrected chi connectivity index (χ0v) is 11.0. The van der Waals surface area contributed by atoms with Crippen molar-refractivity contribution in [1.82, 2.24) is 5.32 Å². The van der Waals surface area contributed by atoms with Crippen LogP contribution < -0.4 is 5.32 Å². The van der Waals surface area contributed by atoms with Crippen molar-refractivity contribution in [3.8, 4) is 0 Å². The summed E-state index contributed by atoms with van der Waals surface area (Å²) in [6, 6.07) is 0.0763. The smallest absolute Gasteiger partial charge is 0.220 e. The Morgan fingerprint density at radius 1 is 1.12 bits per heavy atom. The van der Waals surface area contributed by atoms with Crippen LogP contribution >= 0.6 is 0 Å². The third-order valence-electron chi connectivity index (χ3n) is 3.92. The van der Waals surface area contributed by atoms with Gasteiger partial charge in [0.05, 0.1) is 11.5 Å². The quantitative estimate of drug-likeness (QED) is 0.826. The van der Waals surface area contributed by atoms with Gasteiger partial charge in [0.2, 0.25) is 5.91 Å². The summed E-state index contributed by atoms with van der Waals surface area (Å²) in [5.74, 6) is 1.30. The number of sulfone groups is 1. The highest BCUT2D eigenvalue weighted by Gasteiger charge is 2.25. The topological polar surface area (TPSA) is 63.2 Å². The molecule has 98 valence electrons. The maximum Gasteiger partial charge on any atom is 0.220 e. The normalized spacial score (nSPS) is 25.2. The zero-order chi connectivity index (χ0) is 12.3. The van der Waals surface area contributed by atoms with Gasteiger partial charge < -0.3 is 5.32 Å². The minimum atomic E-state index is -2.82. The number of carbonyl (C=O) groups excluding carboxylic acids is 1. The fourth-order valence-electron chi connectivity index (χ4n) is 2.45. The van der Waals surface area contributed by atoms with E-state index in [4.69, 9.17) is 0 Å². The largest absolute Gasteiger partial charge is 0.353 e. The van der Waals surface area contributed by atoms with Crippen molar-refractivity contribution in [3.63, 3.8) is 0 Å². The Balaban J connectivity index is 1.65. The van der Waals surface area contributed by atoms with Crippen molar-refractivity contribution in [2.75, 3.05) is 11.5 Å². The van der Waals surface area contributed by atoms with Crippen molar-refractivity contribution >= 4 is 15.7 Å². The van der Waals surface area contributed by atoms with Crippen LogP contribution in [0.4, 0.5) is 0 Å². The number of rotatable bonds is 4. The summed E-state index contributed by atoms with van der Waals surface area (Å²) in [5.41, 5.74) is 0. The summed E-state index contributed by atoms with van der Waals surface area (Å²) >= 11 is 0. The summed E-state index contributed by atoms with van der Waals surface area (Å²) in [5, 5.41) is 2.96. The lowest BCUT2D eigenvalue weighted by atomic mass is 9.82. The van der Waals surface area contributed by atoms with E-state index in [2.05, 4.69) is 5.32 Å². The van der Waals surface area contributed by atoms with Crippen LogP contribution in [-0.4, -0.2) is 31.9 Å². The van der Waals surface area contributed by atoms with Gasteiger partial charge in [0.25, 0.3) is 0 Å². The Labute approximate surface area is 103 Å². The average Bonchev–Trinajstić information content (AvgIpc) is 2.19. The lowest BCUT2D eigenvalue weighted by Crippen LogP contribution is -2.40. The first-order chi connectivity index (χ1) is 8.05. The van der Waals surface area contributed by atoms with Crippen LogP contribution in [0, 0.1) is 5.92 Å². The van der Waals surface area contributed by atoms with Gasteiger partial charge in [-0.25, -0.2) is 8.42 Å². The lowest BCUT2D eigenvalue weighted by molar-refractivity contribution is -0.122. The fourth-order valence-corrected chi connectivity index (χ4v) is 3.94. The maximum absolute atomic E-state index is 11.7. The molecular weight excluding hydrogens is 238 g/mol. The van der Waals surface area contributed by atoms with E-state index in [0.717, 1.165) is 12.3 Å². The molecule has 2 fully saturated rings. The van der Waals surface area contributed by atoms with Gasteiger partial charge in [0.15, 0.2) is 0 Å². The Morgan fingerprint density at radius 3 is 2.29 bits per heavy atom. The summed E-state index contributed by atoms with van der Waals surface area (Å²) in [4.78, 5) is 11.7. The third-order valence-corrected chi connectivity index (χ3v) is 5.64. The summed E-state index contributed by atoms with van der Waals surface area (Å²) in [6.45, 7) is 0. The van der Waals surface area contributed by atoms with Crippen LogP contribution in [0.15, 0.2) is 0 Å². The third kappa shape index (κ3) is 3.98. The molecule has 0 unspecified atom stereocenters. The van der Waals surface area contributed by atoms with Crippen LogP contribution in [0.25, 0.3) is 0 Å². The zero-order valence-electron chi connectivity index (χ0n) is 10.2. The van der Waals surface area contributed by atoms with E-state index in [9.17, 15) is 13.2 Å². The number of hydrogen-bond acceptors (Lipinski definition) is 3. The predicted molar refractivity (Wildman–Crippen MR) is 66.4 cm³/mol. The summed E-state index contributed by atoms with van der Waals surface area (Å²) < 4.78 is 22.5. The van der Waals surface area contributed by atoms with Crippen molar-refractivity contribution in [1.29, 1.82) is 0 Å². The van der Waals surface area contributed by atoms with Gasteiger partial charge in [-0.05, 0) is 25.2 Å². The molecular formula is C12H21NO3S. The van der Waals surface area contributed by atoms with Crippen LogP contribution in [0.5, 0.6) is 0 Å². The Morgan fingerprint density at radius 2 is 1.76 bits per heavy atom. The highest BCUT2D eigenvalue weighted by molar-refractivity contribution is 7.91. The molecule has 1 aliphatic heterocycles. The molecule has 4 nitrogen and oxygen atoms in total. The molecule has 17 heavy (non-hydrogen) atoms. The van der Waals surface area contributed by atoms with E-state index in [1.807, 2.05) is 0 Å². The van der Waals surface area contributed by atoms with Crippen molar-refractivity contribution < 1.29 is 13.2 Å². The minimum Gasteiger partial charge on any atom is -0.353 e. The SMILES string of the molecule is O=C(CCC1CCC1)NC1CCS(=O)(=O)CC1. The number of nitrogens with one attached hydrogen (secondary N) is 1. The van der Waals surface area contributed by atoms with Gasteiger partial charge in [-0.15, -0.1) is 0 Å². The second-order valence-corrected chi connectivity index (χ2v) is 7.63. The number of amides is 1. The molecule has 1 saturated carbocycles. The standard InChI is InChI=1S/C12H21NO3S/c14-12(5-4-10-2-1-3-10)13-11-6-8-17(15,16)9-7-11/h10-11H,1-9H2,(H,13,14). The second kappa shape index (κ2) is 5.38. The van der Waals surface area contributed by atoms with Crippen molar-refractivity contribution in [2.45, 2.75) is 51.0 Å². The van der Waals surface area contributed by atoms with Crippen molar-refractivity contribution in [2.24, 2.45) is 5.92 Å². The molecule has 0 radical (unpaired) electrons. The monoisotopic (exact) mass is 259 g/mol. The van der Waals surface area contributed by atoms with E-state index in [-0.39, 0.29) is 23.5 Å². The molecule has 1 N–H and O–H groups in total. The first-order valence-electron chi connectivity index (χ1n) is 6.55. The Hall–Kier alpha value is -0.580. The summed E-state index contributed by atoms with van der Waals surface area (Å²) in [6.07, 6.45) is 6.62. The number of hydrogen-bond donors (Lipinski definition) is 1. The first kappa shape index (κ1) is 12.9. The highest BCUT2D eigenvalue weighted by Crippen LogP contribution is 2.30. The first-order valence-corrected chi connectivity index (χ1v) is 8.37.